The van der Waals surface area contributed by atoms with Crippen molar-refractivity contribution in [1.82, 2.24) is 14.9 Å². The summed E-state index contributed by atoms with van der Waals surface area (Å²) in [4.78, 5) is 10.2. The van der Waals surface area contributed by atoms with Gasteiger partial charge >= 0.3 is 0 Å². The van der Waals surface area contributed by atoms with Crippen molar-refractivity contribution in [3.8, 4) is 11.5 Å². The second kappa shape index (κ2) is 5.09. The Labute approximate surface area is 112 Å². The molecule has 0 aliphatic carbocycles. The smallest absolute Gasteiger partial charge is 0.231 e. The van der Waals surface area contributed by atoms with E-state index < -0.39 is 0 Å². The summed E-state index contributed by atoms with van der Waals surface area (Å²) in [5.41, 5.74) is 1.94. The van der Waals surface area contributed by atoms with Gasteiger partial charge in [0.2, 0.25) is 6.79 Å². The van der Waals surface area contributed by atoms with E-state index in [9.17, 15) is 0 Å². The maximum absolute atomic E-state index is 5.37. The lowest BCUT2D eigenvalue weighted by atomic mass is 10.3. The van der Waals surface area contributed by atoms with E-state index in [0.29, 0.717) is 6.79 Å². The van der Waals surface area contributed by atoms with Gasteiger partial charge in [-0.15, -0.1) is 0 Å². The lowest BCUT2D eigenvalue weighted by molar-refractivity contribution is 0.174. The van der Waals surface area contributed by atoms with Crippen LogP contribution in [-0.2, 0) is 6.54 Å². The molecule has 1 aromatic heterocycles. The Bertz CT molecular complexity index is 538. The van der Waals surface area contributed by atoms with Gasteiger partial charge in [-0.25, -0.2) is 4.98 Å². The second-order valence-electron chi connectivity index (χ2n) is 5.00. The van der Waals surface area contributed by atoms with Gasteiger partial charge in [0.1, 0.15) is 5.82 Å². The highest BCUT2D eigenvalue weighted by Gasteiger charge is 2.16. The van der Waals surface area contributed by atoms with E-state index in [1.807, 2.05) is 12.1 Å². The number of aromatic nitrogens is 2. The summed E-state index contributed by atoms with van der Waals surface area (Å²) < 4.78 is 10.7. The number of benzene rings is 1. The van der Waals surface area contributed by atoms with Gasteiger partial charge in [0, 0.05) is 12.1 Å². The molecule has 3 rings (SSSR count). The molecule has 2 heterocycles. The number of ether oxygens (including phenoxy) is 2. The molecule has 0 spiro atoms. The summed E-state index contributed by atoms with van der Waals surface area (Å²) in [5.74, 6) is 2.56. The third-order valence-corrected chi connectivity index (χ3v) is 3.34. The zero-order chi connectivity index (χ0) is 13.2. The number of rotatable bonds is 5. The Balaban J connectivity index is 1.78. The first-order valence-electron chi connectivity index (χ1n) is 6.73. The quantitative estimate of drug-likeness (QED) is 0.898. The third-order valence-electron chi connectivity index (χ3n) is 3.34. The van der Waals surface area contributed by atoms with Crippen molar-refractivity contribution in [1.29, 1.82) is 0 Å². The fraction of sp³-hybridized carbons (Fsp3) is 0.500. The molecule has 1 N–H and O–H groups in total. The van der Waals surface area contributed by atoms with Crippen LogP contribution in [0.5, 0.6) is 11.5 Å². The van der Waals surface area contributed by atoms with Crippen molar-refractivity contribution >= 4 is 11.0 Å². The number of hydrogen-bond acceptors (Lipinski definition) is 4. The Morgan fingerprint density at radius 1 is 1.32 bits per heavy atom. The van der Waals surface area contributed by atoms with Crippen LogP contribution >= 0.6 is 0 Å². The monoisotopic (exact) mass is 261 g/mol. The minimum absolute atomic E-state index is 0.300. The van der Waals surface area contributed by atoms with E-state index in [1.165, 1.54) is 12.8 Å². The minimum Gasteiger partial charge on any atom is -0.454 e. The number of fused-ring (bicyclic) bond motifs is 2. The number of H-pyrrole nitrogens is 1. The van der Waals surface area contributed by atoms with E-state index in [2.05, 4.69) is 28.8 Å². The van der Waals surface area contributed by atoms with E-state index in [-0.39, 0.29) is 0 Å². The molecule has 5 heteroatoms. The zero-order valence-corrected chi connectivity index (χ0v) is 11.4. The topological polar surface area (TPSA) is 50.4 Å². The number of nitrogens with zero attached hydrogens (tertiary/aromatic N) is 2. The summed E-state index contributed by atoms with van der Waals surface area (Å²) in [6, 6.07) is 3.89. The van der Waals surface area contributed by atoms with Crippen molar-refractivity contribution in [3.63, 3.8) is 0 Å². The molecule has 1 aromatic carbocycles. The third kappa shape index (κ3) is 2.51. The number of hydrogen-bond donors (Lipinski definition) is 1. The van der Waals surface area contributed by atoms with Crippen LogP contribution < -0.4 is 9.47 Å². The molecule has 2 aromatic rings. The van der Waals surface area contributed by atoms with E-state index in [1.54, 1.807) is 0 Å². The zero-order valence-electron chi connectivity index (χ0n) is 11.4. The van der Waals surface area contributed by atoms with Crippen LogP contribution in [0.1, 0.15) is 25.6 Å². The van der Waals surface area contributed by atoms with Gasteiger partial charge in [-0.2, -0.15) is 0 Å². The molecular weight excluding hydrogens is 242 g/mol. The Hall–Kier alpha value is -1.75. The molecular formula is C14H19N3O2. The molecule has 1 aliphatic heterocycles. The molecule has 0 amide bonds. The number of aromatic amines is 1. The molecule has 0 fully saturated rings. The van der Waals surface area contributed by atoms with Crippen molar-refractivity contribution in [2.45, 2.75) is 26.3 Å². The molecule has 5 nitrogen and oxygen atoms in total. The second-order valence-corrected chi connectivity index (χ2v) is 5.00. The molecule has 0 saturated carbocycles. The highest BCUT2D eigenvalue weighted by molar-refractivity contribution is 5.80. The van der Waals surface area contributed by atoms with Gasteiger partial charge in [-0.05, 0) is 20.0 Å². The average molecular weight is 261 g/mol. The summed E-state index contributed by atoms with van der Waals surface area (Å²) in [5, 5.41) is 0. The number of unbranched alkanes of at least 4 members (excludes halogenated alkanes) is 1. The molecule has 0 saturated heterocycles. The van der Waals surface area contributed by atoms with Crippen LogP contribution in [0.25, 0.3) is 11.0 Å². The summed E-state index contributed by atoms with van der Waals surface area (Å²) in [7, 11) is 2.12. The van der Waals surface area contributed by atoms with Gasteiger partial charge in [0.05, 0.1) is 17.6 Å². The fourth-order valence-electron chi connectivity index (χ4n) is 2.29. The van der Waals surface area contributed by atoms with Gasteiger partial charge in [0.25, 0.3) is 0 Å². The van der Waals surface area contributed by atoms with E-state index in [0.717, 1.165) is 41.4 Å². The normalized spacial score (nSPS) is 13.6. The number of nitrogens with one attached hydrogen (secondary N) is 1. The van der Waals surface area contributed by atoms with Crippen molar-refractivity contribution in [2.24, 2.45) is 0 Å². The van der Waals surface area contributed by atoms with E-state index in [4.69, 9.17) is 9.47 Å². The van der Waals surface area contributed by atoms with Crippen LogP contribution in [0, 0.1) is 0 Å². The largest absolute Gasteiger partial charge is 0.454 e. The van der Waals surface area contributed by atoms with Crippen LogP contribution in [0.15, 0.2) is 12.1 Å². The standard InChI is InChI=1S/C14H19N3O2/c1-3-4-5-17(2)8-14-15-10-6-12-13(19-9-18-12)7-11(10)16-14/h6-7H,3-5,8-9H2,1-2H3,(H,15,16). The van der Waals surface area contributed by atoms with Gasteiger partial charge in [-0.1, -0.05) is 13.3 Å². The fourth-order valence-corrected chi connectivity index (χ4v) is 2.29. The van der Waals surface area contributed by atoms with Crippen LogP contribution in [0.2, 0.25) is 0 Å². The summed E-state index contributed by atoms with van der Waals surface area (Å²) >= 11 is 0. The maximum Gasteiger partial charge on any atom is 0.231 e. The summed E-state index contributed by atoms with van der Waals surface area (Å²) in [6.07, 6.45) is 2.43. The first-order chi connectivity index (χ1) is 9.26. The molecule has 0 radical (unpaired) electrons. The molecule has 0 bridgehead atoms. The van der Waals surface area contributed by atoms with Gasteiger partial charge in [-0.3, -0.25) is 4.90 Å². The first-order valence-corrected chi connectivity index (χ1v) is 6.73. The minimum atomic E-state index is 0.300. The van der Waals surface area contributed by atoms with Gasteiger partial charge < -0.3 is 14.5 Å². The van der Waals surface area contributed by atoms with E-state index >= 15 is 0 Å². The highest BCUT2D eigenvalue weighted by Crippen LogP contribution is 2.35. The SMILES string of the molecule is CCCCN(C)Cc1nc2cc3c(cc2[nH]1)OCO3. The number of imidazole rings is 1. The maximum atomic E-state index is 5.37. The molecule has 19 heavy (non-hydrogen) atoms. The Morgan fingerprint density at radius 3 is 2.89 bits per heavy atom. The lowest BCUT2D eigenvalue weighted by Crippen LogP contribution is -2.19. The van der Waals surface area contributed by atoms with Gasteiger partial charge in [0.15, 0.2) is 11.5 Å². The Morgan fingerprint density at radius 2 is 2.11 bits per heavy atom. The Kier molecular flexibility index (Phi) is 3.29. The average Bonchev–Trinajstić information content (AvgIpc) is 2.98. The first kappa shape index (κ1) is 12.3. The van der Waals surface area contributed by atoms with Crippen LogP contribution in [-0.4, -0.2) is 35.3 Å². The predicted octanol–water partition coefficient (Wildman–Crippen LogP) is 2.52. The summed E-state index contributed by atoms with van der Waals surface area (Å²) in [6.45, 7) is 4.43. The van der Waals surface area contributed by atoms with Crippen molar-refractivity contribution in [2.75, 3.05) is 20.4 Å². The molecule has 1 aliphatic rings. The molecule has 102 valence electrons. The predicted molar refractivity (Wildman–Crippen MR) is 73.5 cm³/mol. The van der Waals surface area contributed by atoms with Crippen LogP contribution in [0.3, 0.4) is 0 Å². The van der Waals surface area contributed by atoms with Crippen molar-refractivity contribution in [3.05, 3.63) is 18.0 Å². The van der Waals surface area contributed by atoms with Crippen LogP contribution in [0.4, 0.5) is 0 Å². The highest BCUT2D eigenvalue weighted by atomic mass is 16.7. The lowest BCUT2D eigenvalue weighted by Gasteiger charge is -2.13. The van der Waals surface area contributed by atoms with Crippen molar-refractivity contribution < 1.29 is 9.47 Å². The molecule has 0 atom stereocenters. The molecule has 0 unspecified atom stereocenters.